The largest absolute Gasteiger partial charge is 0.478 e. The zero-order chi connectivity index (χ0) is 13.1. The molecule has 0 radical (unpaired) electrons. The number of rotatable bonds is 4. The third-order valence-electron chi connectivity index (χ3n) is 2.51. The lowest BCUT2D eigenvalue weighted by Gasteiger charge is -2.06. The quantitative estimate of drug-likeness (QED) is 0.879. The van der Waals surface area contributed by atoms with Crippen LogP contribution in [-0.4, -0.2) is 18.2 Å². The molecule has 94 valence electrons. The first-order valence-electron chi connectivity index (χ1n) is 5.16. The van der Waals surface area contributed by atoms with Gasteiger partial charge in [0.25, 0.3) is 5.88 Å². The summed E-state index contributed by atoms with van der Waals surface area (Å²) in [5, 5.41) is 4.27. The van der Waals surface area contributed by atoms with Crippen molar-refractivity contribution in [2.45, 2.75) is 5.33 Å². The van der Waals surface area contributed by atoms with E-state index in [4.69, 9.17) is 15.0 Å². The van der Waals surface area contributed by atoms with Crippen LogP contribution in [0, 0.1) is 0 Å². The summed E-state index contributed by atoms with van der Waals surface area (Å²) >= 11 is 3.30. The Morgan fingerprint density at radius 3 is 2.83 bits per heavy atom. The number of aromatic nitrogens is 1. The number of methoxy groups -OCH3 is 1. The number of amides is 1. The number of carbonyl (C=O) groups excluding carboxylic acids is 1. The minimum absolute atomic E-state index is 0.332. The summed E-state index contributed by atoms with van der Waals surface area (Å²) in [7, 11) is 1.49. The Hall–Kier alpha value is -1.82. The summed E-state index contributed by atoms with van der Waals surface area (Å²) in [4.78, 5) is 11.4. The van der Waals surface area contributed by atoms with Gasteiger partial charge >= 0.3 is 0 Å². The monoisotopic (exact) mass is 310 g/mol. The Morgan fingerprint density at radius 2 is 2.22 bits per heavy atom. The van der Waals surface area contributed by atoms with Crippen molar-refractivity contribution in [1.82, 2.24) is 5.16 Å². The molecule has 0 saturated carbocycles. The van der Waals surface area contributed by atoms with Crippen molar-refractivity contribution in [1.29, 1.82) is 0 Å². The molecule has 1 aromatic carbocycles. The Bertz CT molecular complexity index is 559. The standard InChI is InChI=1S/C12H11BrN2O3/c1-17-12-10(9(6-13)18-15-12)7-4-2-3-5-8(7)11(14)16/h2-5H,6H2,1H3,(H2,14,16). The lowest BCUT2D eigenvalue weighted by molar-refractivity contribution is 0.100. The predicted molar refractivity (Wildman–Crippen MR) is 69.6 cm³/mol. The van der Waals surface area contributed by atoms with Crippen LogP contribution in [0.4, 0.5) is 0 Å². The van der Waals surface area contributed by atoms with Crippen LogP contribution >= 0.6 is 15.9 Å². The van der Waals surface area contributed by atoms with Gasteiger partial charge in [-0.3, -0.25) is 4.79 Å². The first-order chi connectivity index (χ1) is 8.69. The zero-order valence-electron chi connectivity index (χ0n) is 9.64. The zero-order valence-corrected chi connectivity index (χ0v) is 11.2. The number of hydrogen-bond donors (Lipinski definition) is 1. The number of carbonyl (C=O) groups is 1. The van der Waals surface area contributed by atoms with Gasteiger partial charge < -0.3 is 15.0 Å². The van der Waals surface area contributed by atoms with Crippen LogP contribution in [0.2, 0.25) is 0 Å². The molecule has 0 aliphatic rings. The highest BCUT2D eigenvalue weighted by Crippen LogP contribution is 2.35. The number of halogens is 1. The molecule has 1 amide bonds. The van der Waals surface area contributed by atoms with Crippen LogP contribution in [0.15, 0.2) is 28.8 Å². The van der Waals surface area contributed by atoms with Gasteiger partial charge in [0, 0.05) is 11.1 Å². The topological polar surface area (TPSA) is 78.3 Å². The third-order valence-corrected chi connectivity index (χ3v) is 3.02. The molecule has 0 atom stereocenters. The second kappa shape index (κ2) is 5.22. The number of nitrogens with two attached hydrogens (primary N) is 1. The van der Waals surface area contributed by atoms with Crippen molar-refractivity contribution in [3.8, 4) is 17.0 Å². The molecule has 0 spiro atoms. The summed E-state index contributed by atoms with van der Waals surface area (Å²) in [6.45, 7) is 0. The number of nitrogens with zero attached hydrogens (tertiary/aromatic N) is 1. The Morgan fingerprint density at radius 1 is 1.50 bits per heavy atom. The van der Waals surface area contributed by atoms with E-state index in [1.165, 1.54) is 7.11 Å². The van der Waals surface area contributed by atoms with Gasteiger partial charge in [-0.1, -0.05) is 34.1 Å². The van der Waals surface area contributed by atoms with Gasteiger partial charge in [-0.25, -0.2) is 0 Å². The van der Waals surface area contributed by atoms with Crippen molar-refractivity contribution in [3.05, 3.63) is 35.6 Å². The van der Waals surface area contributed by atoms with E-state index in [-0.39, 0.29) is 0 Å². The minimum Gasteiger partial charge on any atom is -0.478 e. The van der Waals surface area contributed by atoms with E-state index in [2.05, 4.69) is 21.1 Å². The van der Waals surface area contributed by atoms with Gasteiger partial charge in [0.15, 0.2) is 5.76 Å². The minimum atomic E-state index is -0.505. The van der Waals surface area contributed by atoms with Gasteiger partial charge in [0.05, 0.1) is 18.0 Å². The van der Waals surface area contributed by atoms with E-state index < -0.39 is 5.91 Å². The van der Waals surface area contributed by atoms with E-state index in [0.29, 0.717) is 33.7 Å². The lowest BCUT2D eigenvalue weighted by Crippen LogP contribution is -2.12. The van der Waals surface area contributed by atoms with E-state index >= 15 is 0 Å². The first-order valence-corrected chi connectivity index (χ1v) is 6.29. The molecule has 0 aliphatic heterocycles. The average molecular weight is 311 g/mol. The number of ether oxygens (including phenoxy) is 1. The third kappa shape index (κ3) is 2.11. The fraction of sp³-hybridized carbons (Fsp3) is 0.167. The Balaban J connectivity index is 2.68. The second-order valence-electron chi connectivity index (χ2n) is 3.53. The van der Waals surface area contributed by atoms with Crippen LogP contribution in [0.25, 0.3) is 11.1 Å². The highest BCUT2D eigenvalue weighted by molar-refractivity contribution is 9.08. The molecule has 0 fully saturated rings. The van der Waals surface area contributed by atoms with E-state index in [0.717, 1.165) is 0 Å². The predicted octanol–water partition coefficient (Wildman–Crippen LogP) is 2.34. The summed E-state index contributed by atoms with van der Waals surface area (Å²) in [6.07, 6.45) is 0. The van der Waals surface area contributed by atoms with Crippen molar-refractivity contribution >= 4 is 21.8 Å². The Kier molecular flexibility index (Phi) is 3.66. The molecule has 18 heavy (non-hydrogen) atoms. The molecule has 0 unspecified atom stereocenters. The van der Waals surface area contributed by atoms with Crippen molar-refractivity contribution < 1.29 is 14.1 Å². The SMILES string of the molecule is COc1noc(CBr)c1-c1ccccc1C(N)=O. The maximum absolute atomic E-state index is 11.4. The second-order valence-corrected chi connectivity index (χ2v) is 4.09. The molecule has 2 N–H and O–H groups in total. The van der Waals surface area contributed by atoms with Gasteiger partial charge in [-0.05, 0) is 11.2 Å². The van der Waals surface area contributed by atoms with Crippen LogP contribution in [-0.2, 0) is 5.33 Å². The molecule has 1 heterocycles. The number of primary amides is 1. The molecule has 0 aliphatic carbocycles. The molecular formula is C12H11BrN2O3. The van der Waals surface area contributed by atoms with Crippen LogP contribution in [0.5, 0.6) is 5.88 Å². The Labute approximate surface area is 112 Å². The smallest absolute Gasteiger partial charge is 0.262 e. The maximum atomic E-state index is 11.4. The van der Waals surface area contributed by atoms with E-state index in [1.807, 2.05) is 6.07 Å². The lowest BCUT2D eigenvalue weighted by atomic mass is 10.00. The highest BCUT2D eigenvalue weighted by Gasteiger charge is 2.21. The summed E-state index contributed by atoms with van der Waals surface area (Å²) < 4.78 is 10.3. The number of benzene rings is 1. The van der Waals surface area contributed by atoms with Gasteiger partial charge in [0.1, 0.15) is 0 Å². The molecule has 2 aromatic rings. The average Bonchev–Trinajstić information content (AvgIpc) is 2.81. The number of hydrogen-bond acceptors (Lipinski definition) is 4. The fourth-order valence-electron chi connectivity index (χ4n) is 1.72. The van der Waals surface area contributed by atoms with Gasteiger partial charge in [0.2, 0.25) is 5.91 Å². The summed E-state index contributed by atoms with van der Waals surface area (Å²) in [5.74, 6) is 0.410. The first kappa shape index (κ1) is 12.6. The van der Waals surface area contributed by atoms with Crippen molar-refractivity contribution in [2.24, 2.45) is 5.73 Å². The molecule has 0 bridgehead atoms. The molecular weight excluding hydrogens is 300 g/mol. The molecule has 6 heteroatoms. The molecule has 5 nitrogen and oxygen atoms in total. The van der Waals surface area contributed by atoms with Crippen LogP contribution in [0.1, 0.15) is 16.1 Å². The molecule has 1 aromatic heterocycles. The van der Waals surface area contributed by atoms with Crippen molar-refractivity contribution in [2.75, 3.05) is 7.11 Å². The summed E-state index contributed by atoms with van der Waals surface area (Å²) in [5.41, 5.74) is 7.06. The molecule has 2 rings (SSSR count). The van der Waals surface area contributed by atoms with E-state index in [9.17, 15) is 4.79 Å². The van der Waals surface area contributed by atoms with Crippen LogP contribution < -0.4 is 10.5 Å². The highest BCUT2D eigenvalue weighted by atomic mass is 79.9. The van der Waals surface area contributed by atoms with Crippen molar-refractivity contribution in [3.63, 3.8) is 0 Å². The van der Waals surface area contributed by atoms with Gasteiger partial charge in [-0.15, -0.1) is 0 Å². The molecule has 0 saturated heterocycles. The normalized spacial score (nSPS) is 10.3. The summed E-state index contributed by atoms with van der Waals surface area (Å²) in [6, 6.07) is 6.99. The van der Waals surface area contributed by atoms with Gasteiger partial charge in [-0.2, -0.15) is 0 Å². The fourth-order valence-corrected chi connectivity index (χ4v) is 2.10. The maximum Gasteiger partial charge on any atom is 0.262 e. The van der Waals surface area contributed by atoms with Crippen LogP contribution in [0.3, 0.4) is 0 Å². The van der Waals surface area contributed by atoms with E-state index in [1.54, 1.807) is 18.2 Å². The number of alkyl halides is 1.